The summed E-state index contributed by atoms with van der Waals surface area (Å²) in [6, 6.07) is 13.9. The highest BCUT2D eigenvalue weighted by Crippen LogP contribution is 2.45. The summed E-state index contributed by atoms with van der Waals surface area (Å²) in [5, 5.41) is 16.3. The van der Waals surface area contributed by atoms with Gasteiger partial charge in [-0.2, -0.15) is 10.4 Å². The van der Waals surface area contributed by atoms with Crippen molar-refractivity contribution < 1.29 is 14.3 Å². The number of piperidine rings is 1. The number of carbonyl (C=O) groups is 1. The molecule has 1 aliphatic carbocycles. The Hall–Kier alpha value is -3.70. The molecule has 1 aliphatic heterocycles. The topological polar surface area (TPSA) is 104 Å². The minimum Gasteiger partial charge on any atom is -0.496 e. The lowest BCUT2D eigenvalue weighted by Gasteiger charge is -2.33. The number of hydrogen-bond donors (Lipinski definition) is 1. The van der Waals surface area contributed by atoms with Gasteiger partial charge in [0.25, 0.3) is 5.91 Å². The third-order valence-corrected chi connectivity index (χ3v) is 6.97. The molecule has 0 bridgehead atoms. The Morgan fingerprint density at radius 1 is 1.11 bits per heavy atom. The zero-order chi connectivity index (χ0) is 24.4. The lowest BCUT2D eigenvalue weighted by molar-refractivity contribution is 0.0712. The molecule has 8 heteroatoms. The molecule has 1 saturated carbocycles. The van der Waals surface area contributed by atoms with Crippen molar-refractivity contribution in [1.29, 1.82) is 5.26 Å². The predicted molar refractivity (Wildman–Crippen MR) is 130 cm³/mol. The van der Waals surface area contributed by atoms with E-state index in [4.69, 9.17) is 14.7 Å². The number of aromatic amines is 1. The highest BCUT2D eigenvalue weighted by molar-refractivity contribution is 5.98. The molecule has 35 heavy (non-hydrogen) atoms. The van der Waals surface area contributed by atoms with Crippen LogP contribution in [0.25, 0.3) is 11.4 Å². The van der Waals surface area contributed by atoms with Crippen molar-refractivity contribution in [3.8, 4) is 23.2 Å². The number of benzene rings is 2. The van der Waals surface area contributed by atoms with Crippen LogP contribution in [0.2, 0.25) is 0 Å². The van der Waals surface area contributed by atoms with Gasteiger partial charge in [0.05, 0.1) is 24.3 Å². The Balaban J connectivity index is 1.39. The van der Waals surface area contributed by atoms with Gasteiger partial charge in [-0.3, -0.25) is 9.89 Å². The first-order chi connectivity index (χ1) is 17.1. The fourth-order valence-corrected chi connectivity index (χ4v) is 4.89. The molecule has 0 unspecified atom stereocenters. The molecule has 1 amide bonds. The number of H-pyrrole nitrogens is 1. The van der Waals surface area contributed by atoms with Gasteiger partial charge in [-0.15, -0.1) is 0 Å². The van der Waals surface area contributed by atoms with Gasteiger partial charge < -0.3 is 14.4 Å². The van der Waals surface area contributed by atoms with Crippen LogP contribution >= 0.6 is 0 Å². The third-order valence-electron chi connectivity index (χ3n) is 6.97. The molecule has 0 atom stereocenters. The summed E-state index contributed by atoms with van der Waals surface area (Å²) in [5.41, 5.74) is 4.38. The van der Waals surface area contributed by atoms with Gasteiger partial charge in [0, 0.05) is 25.8 Å². The van der Waals surface area contributed by atoms with Crippen LogP contribution in [0.5, 0.6) is 5.75 Å². The zero-order valence-corrected chi connectivity index (χ0v) is 20.1. The SMILES string of the molecule is COCc1nc(-c2cc(C(=O)N3CCC(c4ccc(C#N)cc4)CC3)c(C3CC3)cc2OC)n[nH]1. The van der Waals surface area contributed by atoms with Crippen LogP contribution in [-0.2, 0) is 11.3 Å². The fraction of sp³-hybridized carbons (Fsp3) is 0.407. The smallest absolute Gasteiger partial charge is 0.254 e. The van der Waals surface area contributed by atoms with Gasteiger partial charge in [0.2, 0.25) is 0 Å². The van der Waals surface area contributed by atoms with E-state index in [1.54, 1.807) is 14.2 Å². The first-order valence-electron chi connectivity index (χ1n) is 12.0. The highest BCUT2D eigenvalue weighted by Gasteiger charge is 2.33. The molecule has 180 valence electrons. The average molecular weight is 472 g/mol. The number of hydrogen-bond acceptors (Lipinski definition) is 6. The molecule has 2 fully saturated rings. The van der Waals surface area contributed by atoms with Crippen molar-refractivity contribution in [3.63, 3.8) is 0 Å². The second-order valence-corrected chi connectivity index (χ2v) is 9.25. The molecule has 2 aromatic carbocycles. The Bertz CT molecular complexity index is 1250. The first-order valence-corrected chi connectivity index (χ1v) is 12.0. The van der Waals surface area contributed by atoms with Gasteiger partial charge in [-0.05, 0) is 72.9 Å². The number of nitrogens with zero attached hydrogens (tertiary/aromatic N) is 4. The lowest BCUT2D eigenvalue weighted by Crippen LogP contribution is -2.38. The maximum absolute atomic E-state index is 13.8. The second-order valence-electron chi connectivity index (χ2n) is 9.25. The summed E-state index contributed by atoms with van der Waals surface area (Å²) in [5.74, 6) is 2.63. The molecule has 3 aromatic rings. The van der Waals surface area contributed by atoms with E-state index >= 15 is 0 Å². The van der Waals surface area contributed by atoms with E-state index in [1.807, 2.05) is 41.3 Å². The van der Waals surface area contributed by atoms with Crippen molar-refractivity contribution in [2.75, 3.05) is 27.3 Å². The van der Waals surface area contributed by atoms with Gasteiger partial charge in [-0.1, -0.05) is 12.1 Å². The van der Waals surface area contributed by atoms with Gasteiger partial charge in [0.1, 0.15) is 12.4 Å². The first kappa shape index (κ1) is 23.1. The number of amides is 1. The Morgan fingerprint density at radius 2 is 1.86 bits per heavy atom. The van der Waals surface area contributed by atoms with Crippen LogP contribution in [-0.4, -0.2) is 53.3 Å². The van der Waals surface area contributed by atoms with Crippen molar-refractivity contribution in [2.24, 2.45) is 0 Å². The summed E-state index contributed by atoms with van der Waals surface area (Å²) < 4.78 is 10.8. The fourth-order valence-electron chi connectivity index (χ4n) is 4.89. The zero-order valence-electron chi connectivity index (χ0n) is 20.1. The van der Waals surface area contributed by atoms with Crippen LogP contribution in [0.3, 0.4) is 0 Å². The maximum atomic E-state index is 13.8. The molecule has 8 nitrogen and oxygen atoms in total. The number of aromatic nitrogens is 3. The number of methoxy groups -OCH3 is 2. The van der Waals surface area contributed by atoms with E-state index in [0.29, 0.717) is 60.1 Å². The van der Waals surface area contributed by atoms with Crippen LogP contribution in [0.15, 0.2) is 36.4 Å². The Kier molecular flexibility index (Phi) is 6.51. The van der Waals surface area contributed by atoms with E-state index in [-0.39, 0.29) is 5.91 Å². The van der Waals surface area contributed by atoms with E-state index in [9.17, 15) is 4.79 Å². The molecule has 1 N–H and O–H groups in total. The normalized spacial score (nSPS) is 16.2. The third kappa shape index (κ3) is 4.77. The number of likely N-dealkylation sites (tertiary alicyclic amines) is 1. The van der Waals surface area contributed by atoms with Crippen LogP contribution in [0.1, 0.15) is 70.4 Å². The molecule has 2 heterocycles. The van der Waals surface area contributed by atoms with E-state index in [2.05, 4.69) is 21.3 Å². The largest absolute Gasteiger partial charge is 0.496 e. The summed E-state index contributed by atoms with van der Waals surface area (Å²) in [6.45, 7) is 1.73. The van der Waals surface area contributed by atoms with Gasteiger partial charge >= 0.3 is 0 Å². The molecular formula is C27H29N5O3. The second kappa shape index (κ2) is 9.88. The monoisotopic (exact) mass is 471 g/mol. The lowest BCUT2D eigenvalue weighted by atomic mass is 9.88. The molecule has 0 radical (unpaired) electrons. The van der Waals surface area contributed by atoms with Crippen molar-refractivity contribution >= 4 is 5.91 Å². The van der Waals surface area contributed by atoms with Gasteiger partial charge in [0.15, 0.2) is 11.6 Å². The van der Waals surface area contributed by atoms with Crippen LogP contribution in [0.4, 0.5) is 0 Å². The number of ether oxygens (including phenoxy) is 2. The van der Waals surface area contributed by atoms with E-state index in [1.165, 1.54) is 5.56 Å². The minimum atomic E-state index is 0.0572. The average Bonchev–Trinajstić information content (AvgIpc) is 3.66. The molecule has 0 spiro atoms. The standard InChI is InChI=1S/C27H29N5O3/c1-34-16-25-29-26(31-30-25)23-13-22(21(20-7-8-20)14-24(23)35-2)27(33)32-11-9-19(10-12-32)18-5-3-17(15-28)4-6-18/h3-6,13-14,19-20H,7-12,16H2,1-2H3,(H,29,30,31). The molecule has 2 aliphatic rings. The molecule has 1 aromatic heterocycles. The Morgan fingerprint density at radius 3 is 2.49 bits per heavy atom. The van der Waals surface area contributed by atoms with E-state index in [0.717, 1.165) is 36.8 Å². The summed E-state index contributed by atoms with van der Waals surface area (Å²) >= 11 is 0. The molecular weight excluding hydrogens is 442 g/mol. The number of nitriles is 1. The van der Waals surface area contributed by atoms with Crippen molar-refractivity contribution in [2.45, 2.75) is 44.1 Å². The minimum absolute atomic E-state index is 0.0572. The molecule has 5 rings (SSSR count). The van der Waals surface area contributed by atoms with E-state index < -0.39 is 0 Å². The highest BCUT2D eigenvalue weighted by atomic mass is 16.5. The number of nitrogens with one attached hydrogen (secondary N) is 1. The predicted octanol–water partition coefficient (Wildman–Crippen LogP) is 4.40. The Labute approximate surface area is 204 Å². The maximum Gasteiger partial charge on any atom is 0.254 e. The van der Waals surface area contributed by atoms with Crippen molar-refractivity contribution in [1.82, 2.24) is 20.1 Å². The summed E-state index contributed by atoms with van der Waals surface area (Å²) in [7, 11) is 3.24. The number of rotatable bonds is 7. The van der Waals surface area contributed by atoms with Crippen molar-refractivity contribution in [3.05, 3.63) is 64.5 Å². The summed E-state index contributed by atoms with van der Waals surface area (Å²) in [6.07, 6.45) is 3.98. The van der Waals surface area contributed by atoms with Gasteiger partial charge in [-0.25, -0.2) is 4.98 Å². The summed E-state index contributed by atoms with van der Waals surface area (Å²) in [4.78, 5) is 20.2. The number of carbonyl (C=O) groups excluding carboxylic acids is 1. The molecule has 1 saturated heterocycles. The van der Waals surface area contributed by atoms with Crippen LogP contribution < -0.4 is 4.74 Å². The quantitative estimate of drug-likeness (QED) is 0.548. The van der Waals surface area contributed by atoms with Crippen LogP contribution in [0, 0.1) is 11.3 Å².